The van der Waals surface area contributed by atoms with E-state index in [9.17, 15) is 14.4 Å². The van der Waals surface area contributed by atoms with Crippen molar-refractivity contribution in [3.8, 4) is 5.75 Å². The molecule has 4 rings (SSSR count). The van der Waals surface area contributed by atoms with Crippen molar-refractivity contribution >= 4 is 17.7 Å². The highest BCUT2D eigenvalue weighted by Crippen LogP contribution is 2.24. The van der Waals surface area contributed by atoms with Crippen LogP contribution in [0.1, 0.15) is 62.7 Å². The zero-order valence-corrected chi connectivity index (χ0v) is 18.6. The molecule has 31 heavy (non-hydrogen) atoms. The van der Waals surface area contributed by atoms with Crippen LogP contribution in [0.2, 0.25) is 0 Å². The van der Waals surface area contributed by atoms with Gasteiger partial charge in [-0.05, 0) is 70.2 Å². The minimum Gasteiger partial charge on any atom is -0.484 e. The molecule has 0 spiro atoms. The molecular weight excluding hydrogens is 394 g/mol. The summed E-state index contributed by atoms with van der Waals surface area (Å²) < 4.78 is 5.71. The Bertz CT molecular complexity index is 815. The molecule has 3 heterocycles. The predicted octanol–water partition coefficient (Wildman–Crippen LogP) is 2.69. The first kappa shape index (κ1) is 21.7. The molecule has 7 nitrogen and oxygen atoms in total. The second-order valence-electron chi connectivity index (χ2n) is 9.13. The Balaban J connectivity index is 1.29. The Labute approximate surface area is 184 Å². The summed E-state index contributed by atoms with van der Waals surface area (Å²) in [5.41, 5.74) is 0.602. The Morgan fingerprint density at radius 2 is 1.71 bits per heavy atom. The average Bonchev–Trinajstić information content (AvgIpc) is 3.41. The van der Waals surface area contributed by atoms with E-state index in [1.54, 1.807) is 24.3 Å². The number of nitrogens with zero attached hydrogens (tertiary/aromatic N) is 3. The Morgan fingerprint density at radius 3 is 2.35 bits per heavy atom. The van der Waals surface area contributed by atoms with Crippen LogP contribution in [0.5, 0.6) is 5.75 Å². The van der Waals surface area contributed by atoms with E-state index in [4.69, 9.17) is 4.74 Å². The number of rotatable bonds is 5. The summed E-state index contributed by atoms with van der Waals surface area (Å²) in [5.74, 6) is 0.792. The average molecular weight is 428 g/mol. The van der Waals surface area contributed by atoms with E-state index >= 15 is 0 Å². The molecule has 1 aromatic rings. The molecule has 3 fully saturated rings. The summed E-state index contributed by atoms with van der Waals surface area (Å²) in [6, 6.07) is 7.65. The van der Waals surface area contributed by atoms with Gasteiger partial charge in [-0.15, -0.1) is 0 Å². The number of hydrogen-bond donors (Lipinski definition) is 0. The fourth-order valence-corrected chi connectivity index (χ4v) is 5.24. The molecule has 3 aliphatic rings. The molecule has 168 valence electrons. The van der Waals surface area contributed by atoms with E-state index in [-0.39, 0.29) is 42.5 Å². The SMILES string of the molecule is C[C@@H]1CCC[C@H](C)N1C(=O)COc1ccc(C(=O)N2CC[C@@H](N3CCCC3=O)C2)cc1. The van der Waals surface area contributed by atoms with Crippen molar-refractivity contribution in [3.05, 3.63) is 29.8 Å². The van der Waals surface area contributed by atoms with Gasteiger partial charge in [-0.25, -0.2) is 0 Å². The lowest BCUT2D eigenvalue weighted by atomic mass is 9.97. The first-order valence-electron chi connectivity index (χ1n) is 11.6. The van der Waals surface area contributed by atoms with Crippen LogP contribution in [-0.4, -0.2) is 76.8 Å². The lowest BCUT2D eigenvalue weighted by Crippen LogP contribution is -2.49. The Morgan fingerprint density at radius 1 is 1.00 bits per heavy atom. The van der Waals surface area contributed by atoms with Gasteiger partial charge in [0.1, 0.15) is 5.75 Å². The molecule has 3 amide bonds. The third kappa shape index (κ3) is 4.70. The second-order valence-corrected chi connectivity index (χ2v) is 9.13. The van der Waals surface area contributed by atoms with Crippen molar-refractivity contribution in [1.82, 2.24) is 14.7 Å². The highest BCUT2D eigenvalue weighted by molar-refractivity contribution is 5.94. The summed E-state index contributed by atoms with van der Waals surface area (Å²) in [7, 11) is 0. The van der Waals surface area contributed by atoms with Gasteiger partial charge in [-0.3, -0.25) is 14.4 Å². The summed E-state index contributed by atoms with van der Waals surface area (Å²) in [5, 5.41) is 0. The number of carbonyl (C=O) groups excluding carboxylic acids is 3. The molecule has 3 aliphatic heterocycles. The van der Waals surface area contributed by atoms with Crippen molar-refractivity contribution in [1.29, 1.82) is 0 Å². The van der Waals surface area contributed by atoms with Gasteiger partial charge in [-0.1, -0.05) is 0 Å². The van der Waals surface area contributed by atoms with Gasteiger partial charge in [0.05, 0.1) is 6.04 Å². The molecule has 3 saturated heterocycles. The maximum absolute atomic E-state index is 12.9. The molecular formula is C24H33N3O4. The Kier molecular flexibility index (Phi) is 6.49. The zero-order chi connectivity index (χ0) is 22.0. The van der Waals surface area contributed by atoms with Crippen molar-refractivity contribution in [2.24, 2.45) is 0 Å². The van der Waals surface area contributed by atoms with E-state index in [2.05, 4.69) is 13.8 Å². The number of likely N-dealkylation sites (tertiary alicyclic amines) is 3. The topological polar surface area (TPSA) is 70.2 Å². The van der Waals surface area contributed by atoms with Gasteiger partial charge in [0.2, 0.25) is 5.91 Å². The standard InChI is InChI=1S/C24H33N3O4/c1-17-5-3-6-18(2)27(17)23(29)16-31-21-10-8-19(9-11-21)24(30)25-14-12-20(15-25)26-13-4-7-22(26)28/h8-11,17-18,20H,3-7,12-16H2,1-2H3/t17-,18+,20-/m1/s1. The van der Waals surface area contributed by atoms with Gasteiger partial charge >= 0.3 is 0 Å². The molecule has 3 atom stereocenters. The third-order valence-corrected chi connectivity index (χ3v) is 6.95. The molecule has 0 aromatic heterocycles. The van der Waals surface area contributed by atoms with Crippen LogP contribution in [-0.2, 0) is 9.59 Å². The molecule has 0 bridgehead atoms. The zero-order valence-electron chi connectivity index (χ0n) is 18.6. The van der Waals surface area contributed by atoms with Crippen LogP contribution in [0, 0.1) is 0 Å². The summed E-state index contributed by atoms with van der Waals surface area (Å²) in [6.45, 7) is 6.29. The molecule has 0 radical (unpaired) electrons. The van der Waals surface area contributed by atoms with Crippen molar-refractivity contribution in [2.45, 2.75) is 70.5 Å². The highest BCUT2D eigenvalue weighted by Gasteiger charge is 2.35. The van der Waals surface area contributed by atoms with Gasteiger partial charge in [0.25, 0.3) is 11.8 Å². The lowest BCUT2D eigenvalue weighted by Gasteiger charge is -2.38. The van der Waals surface area contributed by atoms with Crippen molar-refractivity contribution < 1.29 is 19.1 Å². The number of piperidine rings is 1. The van der Waals surface area contributed by atoms with Crippen LogP contribution in [0.25, 0.3) is 0 Å². The minimum atomic E-state index is -0.0206. The van der Waals surface area contributed by atoms with Crippen LogP contribution < -0.4 is 4.74 Å². The lowest BCUT2D eigenvalue weighted by molar-refractivity contribution is -0.139. The van der Waals surface area contributed by atoms with Crippen molar-refractivity contribution in [2.75, 3.05) is 26.2 Å². The summed E-state index contributed by atoms with van der Waals surface area (Å²) in [4.78, 5) is 43.2. The van der Waals surface area contributed by atoms with Gasteiger partial charge < -0.3 is 19.4 Å². The smallest absolute Gasteiger partial charge is 0.260 e. The van der Waals surface area contributed by atoms with E-state index < -0.39 is 0 Å². The number of ether oxygens (including phenoxy) is 1. The maximum atomic E-state index is 12.9. The first-order valence-corrected chi connectivity index (χ1v) is 11.6. The van der Waals surface area contributed by atoms with Gasteiger partial charge in [0.15, 0.2) is 6.61 Å². The third-order valence-electron chi connectivity index (χ3n) is 6.95. The normalized spacial score (nSPS) is 26.5. The summed E-state index contributed by atoms with van der Waals surface area (Å²) in [6.07, 6.45) is 5.63. The molecule has 1 aromatic carbocycles. The molecule has 0 aliphatic carbocycles. The molecule has 0 saturated carbocycles. The maximum Gasteiger partial charge on any atom is 0.260 e. The van der Waals surface area contributed by atoms with Crippen LogP contribution in [0.3, 0.4) is 0 Å². The summed E-state index contributed by atoms with van der Waals surface area (Å²) >= 11 is 0. The second kappa shape index (κ2) is 9.28. The molecule has 0 unspecified atom stereocenters. The van der Waals surface area contributed by atoms with E-state index in [1.807, 2.05) is 14.7 Å². The number of amides is 3. The quantitative estimate of drug-likeness (QED) is 0.725. The minimum absolute atomic E-state index is 0.0134. The van der Waals surface area contributed by atoms with E-state index in [0.29, 0.717) is 30.8 Å². The largest absolute Gasteiger partial charge is 0.484 e. The fourth-order valence-electron chi connectivity index (χ4n) is 5.24. The van der Waals surface area contributed by atoms with Gasteiger partial charge in [0, 0.05) is 43.7 Å². The van der Waals surface area contributed by atoms with Gasteiger partial charge in [-0.2, -0.15) is 0 Å². The van der Waals surface area contributed by atoms with Crippen LogP contribution >= 0.6 is 0 Å². The number of benzene rings is 1. The van der Waals surface area contributed by atoms with Crippen LogP contribution in [0.15, 0.2) is 24.3 Å². The first-order chi connectivity index (χ1) is 14.9. The van der Waals surface area contributed by atoms with Crippen LogP contribution in [0.4, 0.5) is 0 Å². The fraction of sp³-hybridized carbons (Fsp3) is 0.625. The van der Waals surface area contributed by atoms with E-state index in [0.717, 1.165) is 38.6 Å². The Hall–Kier alpha value is -2.57. The highest BCUT2D eigenvalue weighted by atomic mass is 16.5. The molecule has 7 heteroatoms. The van der Waals surface area contributed by atoms with E-state index in [1.165, 1.54) is 0 Å². The van der Waals surface area contributed by atoms with Crippen molar-refractivity contribution in [3.63, 3.8) is 0 Å². The number of hydrogen-bond acceptors (Lipinski definition) is 4. The monoisotopic (exact) mass is 427 g/mol. The molecule has 0 N–H and O–H groups in total. The predicted molar refractivity (Wildman–Crippen MR) is 117 cm³/mol. The number of carbonyl (C=O) groups is 3.